The van der Waals surface area contributed by atoms with E-state index in [0.717, 1.165) is 34.1 Å². The van der Waals surface area contributed by atoms with Gasteiger partial charge in [0.05, 0.1) is 18.2 Å². The van der Waals surface area contributed by atoms with Crippen LogP contribution in [-0.2, 0) is 0 Å². The highest BCUT2D eigenvalue weighted by atomic mass is 35.5. The molecule has 110 valence electrons. The lowest BCUT2D eigenvalue weighted by molar-refractivity contribution is 0.415. The summed E-state index contributed by atoms with van der Waals surface area (Å²) in [5.41, 5.74) is 2.60. The van der Waals surface area contributed by atoms with Gasteiger partial charge in [-0.15, -0.1) is 24.2 Å². The number of ether oxygens (including phenoxy) is 1. The smallest absolute Gasteiger partial charge is 0.178 e. The van der Waals surface area contributed by atoms with Crippen molar-refractivity contribution in [3.8, 4) is 17.1 Å². The van der Waals surface area contributed by atoms with Crippen LogP contribution in [0.25, 0.3) is 22.6 Å². The van der Waals surface area contributed by atoms with Crippen molar-refractivity contribution in [1.29, 1.82) is 0 Å². The third-order valence-corrected chi connectivity index (χ3v) is 3.87. The quantitative estimate of drug-likeness (QED) is 0.733. The molecule has 0 spiro atoms. The second kappa shape index (κ2) is 6.83. The lowest BCUT2D eigenvalue weighted by atomic mass is 10.2. The van der Waals surface area contributed by atoms with E-state index in [-0.39, 0.29) is 12.4 Å². The Morgan fingerprint density at radius 2 is 2.14 bits per heavy atom. The van der Waals surface area contributed by atoms with Gasteiger partial charge in [-0.25, -0.2) is 9.97 Å². The van der Waals surface area contributed by atoms with Crippen LogP contribution in [0.4, 0.5) is 0 Å². The summed E-state index contributed by atoms with van der Waals surface area (Å²) in [4.78, 5) is 13.2. The second-order valence-corrected chi connectivity index (χ2v) is 5.59. The number of hydrogen-bond donors (Lipinski definition) is 1. The topological polar surface area (TPSA) is 50.8 Å². The van der Waals surface area contributed by atoms with Crippen LogP contribution in [0, 0.1) is 0 Å². The van der Waals surface area contributed by atoms with E-state index in [9.17, 15) is 0 Å². The van der Waals surface area contributed by atoms with Gasteiger partial charge < -0.3 is 9.72 Å². The maximum atomic E-state index is 5.49. The molecule has 3 aromatic rings. The normalized spacial score (nSPS) is 10.4. The summed E-state index contributed by atoms with van der Waals surface area (Å²) in [6.45, 7) is 2.13. The van der Waals surface area contributed by atoms with E-state index in [1.165, 1.54) is 4.90 Å². The van der Waals surface area contributed by atoms with Crippen LogP contribution in [0.1, 0.15) is 6.92 Å². The molecule has 0 aliphatic carbocycles. The van der Waals surface area contributed by atoms with E-state index >= 15 is 0 Å². The predicted octanol–water partition coefficient (Wildman–Crippen LogP) is 4.17. The molecule has 1 aromatic carbocycles. The fraction of sp³-hybridized carbons (Fsp3) is 0.200. The van der Waals surface area contributed by atoms with Crippen LogP contribution in [0.5, 0.6) is 5.75 Å². The standard InChI is InChI=1S/C15H15N3OS.ClH/c1-3-20-10-6-7-11(13(9-10)19-2)14-17-12-5-4-8-16-15(12)18-14;/h4-9H,3H2,1-2H3,(H,16,17,18);1H. The Labute approximate surface area is 133 Å². The molecule has 0 atom stereocenters. The number of benzene rings is 1. The van der Waals surface area contributed by atoms with Gasteiger partial charge in [0.25, 0.3) is 0 Å². The molecule has 6 heteroatoms. The Morgan fingerprint density at radius 1 is 1.29 bits per heavy atom. The maximum Gasteiger partial charge on any atom is 0.178 e. The minimum Gasteiger partial charge on any atom is -0.496 e. The number of aromatic amines is 1. The zero-order valence-electron chi connectivity index (χ0n) is 11.8. The highest BCUT2D eigenvalue weighted by Gasteiger charge is 2.11. The Balaban J connectivity index is 0.00000161. The summed E-state index contributed by atoms with van der Waals surface area (Å²) >= 11 is 1.79. The number of nitrogens with zero attached hydrogens (tertiary/aromatic N) is 2. The highest BCUT2D eigenvalue weighted by molar-refractivity contribution is 7.99. The number of aromatic nitrogens is 3. The number of thioether (sulfide) groups is 1. The number of imidazole rings is 1. The molecule has 1 N–H and O–H groups in total. The summed E-state index contributed by atoms with van der Waals surface area (Å²) in [5.74, 6) is 2.64. The number of H-pyrrole nitrogens is 1. The van der Waals surface area contributed by atoms with Gasteiger partial charge in [0, 0.05) is 11.1 Å². The molecule has 0 fully saturated rings. The molecular weight excluding hydrogens is 306 g/mol. The Bertz CT molecular complexity index is 712. The monoisotopic (exact) mass is 321 g/mol. The summed E-state index contributed by atoms with van der Waals surface area (Å²) in [6.07, 6.45) is 1.74. The molecule has 0 amide bonds. The van der Waals surface area contributed by atoms with Gasteiger partial charge in [-0.2, -0.15) is 0 Å². The third-order valence-electron chi connectivity index (χ3n) is 3.00. The Hall–Kier alpha value is -1.72. The zero-order chi connectivity index (χ0) is 13.9. The average molecular weight is 322 g/mol. The first-order valence-electron chi connectivity index (χ1n) is 6.43. The van der Waals surface area contributed by atoms with Crippen LogP contribution >= 0.6 is 24.2 Å². The van der Waals surface area contributed by atoms with E-state index < -0.39 is 0 Å². The molecule has 0 aliphatic heterocycles. The van der Waals surface area contributed by atoms with Crippen molar-refractivity contribution in [3.63, 3.8) is 0 Å². The molecule has 2 heterocycles. The number of nitrogens with one attached hydrogen (secondary N) is 1. The van der Waals surface area contributed by atoms with Crippen LogP contribution in [-0.4, -0.2) is 27.8 Å². The van der Waals surface area contributed by atoms with Crippen molar-refractivity contribution < 1.29 is 4.74 Å². The van der Waals surface area contributed by atoms with E-state index in [0.29, 0.717) is 0 Å². The summed E-state index contributed by atoms with van der Waals surface area (Å²) < 4.78 is 5.49. The fourth-order valence-corrected chi connectivity index (χ4v) is 2.78. The fourth-order valence-electron chi connectivity index (χ4n) is 2.10. The first-order valence-corrected chi connectivity index (χ1v) is 7.42. The summed E-state index contributed by atoms with van der Waals surface area (Å²) in [5, 5.41) is 0. The van der Waals surface area contributed by atoms with Crippen LogP contribution in [0.3, 0.4) is 0 Å². The van der Waals surface area contributed by atoms with Crippen molar-refractivity contribution in [2.24, 2.45) is 0 Å². The number of methoxy groups -OCH3 is 1. The van der Waals surface area contributed by atoms with E-state index in [1.807, 2.05) is 24.3 Å². The first kappa shape index (κ1) is 15.7. The van der Waals surface area contributed by atoms with Gasteiger partial charge >= 0.3 is 0 Å². The van der Waals surface area contributed by atoms with Gasteiger partial charge in [0.1, 0.15) is 11.6 Å². The van der Waals surface area contributed by atoms with Crippen molar-refractivity contribution in [2.75, 3.05) is 12.9 Å². The highest BCUT2D eigenvalue weighted by Crippen LogP contribution is 2.33. The largest absolute Gasteiger partial charge is 0.496 e. The number of hydrogen-bond acceptors (Lipinski definition) is 4. The molecule has 4 nitrogen and oxygen atoms in total. The van der Waals surface area contributed by atoms with Gasteiger partial charge in [-0.1, -0.05) is 6.92 Å². The van der Waals surface area contributed by atoms with Crippen molar-refractivity contribution >= 4 is 35.3 Å². The van der Waals surface area contributed by atoms with Gasteiger partial charge in [-0.3, -0.25) is 0 Å². The van der Waals surface area contributed by atoms with Gasteiger partial charge in [0.15, 0.2) is 5.65 Å². The first-order chi connectivity index (χ1) is 9.81. The van der Waals surface area contributed by atoms with Crippen LogP contribution in [0.2, 0.25) is 0 Å². The van der Waals surface area contributed by atoms with Gasteiger partial charge in [-0.05, 0) is 36.1 Å². The lowest BCUT2D eigenvalue weighted by Crippen LogP contribution is -1.90. The molecule has 21 heavy (non-hydrogen) atoms. The Morgan fingerprint density at radius 3 is 2.86 bits per heavy atom. The average Bonchev–Trinajstić information content (AvgIpc) is 2.91. The zero-order valence-corrected chi connectivity index (χ0v) is 13.4. The molecule has 0 unspecified atom stereocenters. The lowest BCUT2D eigenvalue weighted by Gasteiger charge is -2.08. The van der Waals surface area contributed by atoms with Crippen LogP contribution < -0.4 is 4.74 Å². The van der Waals surface area contributed by atoms with Crippen LogP contribution in [0.15, 0.2) is 41.4 Å². The number of rotatable bonds is 4. The molecule has 0 radical (unpaired) electrons. The molecule has 0 saturated heterocycles. The van der Waals surface area contributed by atoms with Crippen molar-refractivity contribution in [2.45, 2.75) is 11.8 Å². The predicted molar refractivity (Wildman–Crippen MR) is 89.5 cm³/mol. The molecule has 3 rings (SSSR count). The Kier molecular flexibility index (Phi) is 5.09. The maximum absolute atomic E-state index is 5.49. The minimum absolute atomic E-state index is 0. The van der Waals surface area contributed by atoms with E-state index in [4.69, 9.17) is 4.74 Å². The molecule has 0 aliphatic rings. The van der Waals surface area contributed by atoms with Crippen molar-refractivity contribution in [1.82, 2.24) is 15.0 Å². The van der Waals surface area contributed by atoms with Gasteiger partial charge in [0.2, 0.25) is 0 Å². The minimum atomic E-state index is 0. The number of pyridine rings is 1. The molecule has 0 saturated carbocycles. The SMILES string of the molecule is CCSc1ccc(-c2nc3ncccc3[nH]2)c(OC)c1.Cl. The molecule has 2 aromatic heterocycles. The van der Waals surface area contributed by atoms with E-state index in [1.54, 1.807) is 25.1 Å². The number of fused-ring (bicyclic) bond motifs is 1. The van der Waals surface area contributed by atoms with E-state index in [2.05, 4.69) is 27.9 Å². The summed E-state index contributed by atoms with van der Waals surface area (Å²) in [6, 6.07) is 10.0. The number of halogens is 1. The van der Waals surface area contributed by atoms with Crippen molar-refractivity contribution in [3.05, 3.63) is 36.5 Å². The molecule has 0 bridgehead atoms. The summed E-state index contributed by atoms with van der Waals surface area (Å²) in [7, 11) is 1.68. The third kappa shape index (κ3) is 3.14. The second-order valence-electron chi connectivity index (χ2n) is 4.26. The molecular formula is C15H16ClN3OS.